The average Bonchev–Trinajstić information content (AvgIpc) is 2.13. The maximum atomic E-state index is 8.50. The lowest BCUT2D eigenvalue weighted by Crippen LogP contribution is -2.37. The van der Waals surface area contributed by atoms with Crippen LogP contribution in [0.4, 0.5) is 0 Å². The van der Waals surface area contributed by atoms with Crippen LogP contribution in [-0.4, -0.2) is 51.5 Å². The van der Waals surface area contributed by atoms with Crippen LogP contribution in [0.15, 0.2) is 0 Å². The summed E-state index contributed by atoms with van der Waals surface area (Å²) < 4.78 is 6.47. The zero-order valence-corrected chi connectivity index (χ0v) is 6.70. The average molecular weight is 189 g/mol. The van der Waals surface area contributed by atoms with E-state index in [0.29, 0.717) is 0 Å². The van der Waals surface area contributed by atoms with Crippen LogP contribution in [0.2, 0.25) is 0 Å². The van der Waals surface area contributed by atoms with Gasteiger partial charge in [-0.15, -0.1) is 0 Å². The standard InChI is InChI=1S/C5H12O4.ClHO/c6-1-5(2-7,3-8)4-9;1-2/h6-9H,1-4H2;2H. The first-order chi connectivity index (χ1) is 5.24. The van der Waals surface area contributed by atoms with Crippen LogP contribution in [0.25, 0.3) is 0 Å². The van der Waals surface area contributed by atoms with E-state index in [9.17, 15) is 0 Å². The lowest BCUT2D eigenvalue weighted by Gasteiger charge is -2.23. The predicted octanol–water partition coefficient (Wildman–Crippen LogP) is -1.93. The Bertz CT molecular complexity index is 57.8. The van der Waals surface area contributed by atoms with E-state index in [2.05, 4.69) is 11.9 Å². The third kappa shape index (κ3) is 4.52. The van der Waals surface area contributed by atoms with Gasteiger partial charge in [-0.05, 0) is 0 Å². The van der Waals surface area contributed by atoms with E-state index in [-0.39, 0.29) is 0 Å². The third-order valence-electron chi connectivity index (χ3n) is 1.34. The molecular weight excluding hydrogens is 176 g/mol. The molecular formula is C5H13ClO5. The van der Waals surface area contributed by atoms with Crippen molar-refractivity contribution in [3.63, 3.8) is 0 Å². The number of rotatable bonds is 4. The van der Waals surface area contributed by atoms with Crippen molar-refractivity contribution in [2.45, 2.75) is 0 Å². The van der Waals surface area contributed by atoms with Crippen molar-refractivity contribution in [1.29, 1.82) is 0 Å². The number of aliphatic hydroxyl groups excluding tert-OH is 4. The minimum absolute atomic E-state index is 0.406. The zero-order chi connectivity index (χ0) is 9.33. The molecule has 0 unspecified atom stereocenters. The van der Waals surface area contributed by atoms with Crippen molar-refractivity contribution >= 4 is 11.9 Å². The molecule has 0 radical (unpaired) electrons. The first-order valence-corrected chi connectivity index (χ1v) is 3.19. The summed E-state index contributed by atoms with van der Waals surface area (Å²) in [6.45, 7) is -1.62. The molecule has 6 heteroatoms. The molecule has 0 fully saturated rings. The van der Waals surface area contributed by atoms with Crippen molar-refractivity contribution in [1.82, 2.24) is 0 Å². The molecule has 0 aromatic heterocycles. The molecule has 0 spiro atoms. The highest BCUT2D eigenvalue weighted by Gasteiger charge is 2.26. The van der Waals surface area contributed by atoms with Crippen LogP contribution in [-0.2, 0) is 0 Å². The van der Waals surface area contributed by atoms with E-state index >= 15 is 0 Å². The molecule has 11 heavy (non-hydrogen) atoms. The summed E-state index contributed by atoms with van der Waals surface area (Å²) >= 11 is 3.64. The molecule has 0 amide bonds. The SMILES string of the molecule is OCC(CO)(CO)CO.OCl. The van der Waals surface area contributed by atoms with E-state index in [1.165, 1.54) is 0 Å². The number of aliphatic hydroxyl groups is 4. The first kappa shape index (κ1) is 13.7. The van der Waals surface area contributed by atoms with Gasteiger partial charge < -0.3 is 20.4 Å². The summed E-state index contributed by atoms with van der Waals surface area (Å²) in [7, 11) is 0. The fourth-order valence-electron chi connectivity index (χ4n) is 0.300. The highest BCUT2D eigenvalue weighted by Crippen LogP contribution is 2.11. The lowest BCUT2D eigenvalue weighted by molar-refractivity contribution is -0.0328. The van der Waals surface area contributed by atoms with Gasteiger partial charge >= 0.3 is 0 Å². The van der Waals surface area contributed by atoms with Crippen LogP contribution in [0.3, 0.4) is 0 Å². The van der Waals surface area contributed by atoms with Crippen LogP contribution in [0.5, 0.6) is 0 Å². The Morgan fingerprint density at radius 3 is 0.909 bits per heavy atom. The van der Waals surface area contributed by atoms with Crippen LogP contribution >= 0.6 is 11.9 Å². The maximum Gasteiger partial charge on any atom is 0.0627 e. The van der Waals surface area contributed by atoms with Gasteiger partial charge in [-0.25, -0.2) is 0 Å². The van der Waals surface area contributed by atoms with Crippen LogP contribution in [0, 0.1) is 5.41 Å². The zero-order valence-electron chi connectivity index (χ0n) is 5.94. The van der Waals surface area contributed by atoms with E-state index in [0.717, 1.165) is 0 Å². The number of hydrogen-bond acceptors (Lipinski definition) is 5. The largest absolute Gasteiger partial charge is 0.396 e. The first-order valence-electron chi connectivity index (χ1n) is 2.85. The molecule has 5 N–H and O–H groups in total. The molecule has 0 aliphatic carbocycles. The Kier molecular flexibility index (Phi) is 10.2. The van der Waals surface area contributed by atoms with Crippen molar-refractivity contribution in [3.05, 3.63) is 0 Å². The molecule has 0 aliphatic rings. The van der Waals surface area contributed by atoms with Gasteiger partial charge in [-0.1, -0.05) is 0 Å². The normalized spacial score (nSPS) is 10.4. The second-order valence-corrected chi connectivity index (χ2v) is 2.13. The molecule has 0 atom stereocenters. The number of halogens is 1. The van der Waals surface area contributed by atoms with Crippen molar-refractivity contribution in [2.75, 3.05) is 26.4 Å². The fourth-order valence-corrected chi connectivity index (χ4v) is 0.300. The Morgan fingerprint density at radius 1 is 0.727 bits per heavy atom. The quantitative estimate of drug-likeness (QED) is 0.354. The Morgan fingerprint density at radius 2 is 0.909 bits per heavy atom. The van der Waals surface area contributed by atoms with Crippen molar-refractivity contribution < 1.29 is 25.1 Å². The van der Waals surface area contributed by atoms with Gasteiger partial charge in [0.05, 0.1) is 43.7 Å². The summed E-state index contributed by atoms with van der Waals surface area (Å²) in [5.41, 5.74) is -1.11. The minimum Gasteiger partial charge on any atom is -0.396 e. The highest BCUT2D eigenvalue weighted by atomic mass is 35.5. The van der Waals surface area contributed by atoms with Gasteiger partial charge in [-0.3, -0.25) is 4.66 Å². The van der Waals surface area contributed by atoms with E-state index < -0.39 is 31.8 Å². The highest BCUT2D eigenvalue weighted by molar-refractivity contribution is 6.04. The van der Waals surface area contributed by atoms with E-state index in [1.807, 2.05) is 0 Å². The van der Waals surface area contributed by atoms with Crippen molar-refractivity contribution in [2.24, 2.45) is 5.41 Å². The molecule has 0 rings (SSSR count). The van der Waals surface area contributed by atoms with Gasteiger partial charge in [0.25, 0.3) is 0 Å². The van der Waals surface area contributed by atoms with Crippen molar-refractivity contribution in [3.8, 4) is 0 Å². The molecule has 70 valence electrons. The summed E-state index contributed by atoms with van der Waals surface area (Å²) in [4.78, 5) is 0. The minimum atomic E-state index is -1.11. The fraction of sp³-hybridized carbons (Fsp3) is 1.00. The smallest absolute Gasteiger partial charge is 0.0627 e. The maximum absolute atomic E-state index is 8.50. The molecule has 0 aromatic carbocycles. The Balaban J connectivity index is 0. The molecule has 0 bridgehead atoms. The Hall–Kier alpha value is 0.0900. The van der Waals surface area contributed by atoms with Gasteiger partial charge in [0.15, 0.2) is 0 Å². The van der Waals surface area contributed by atoms with E-state index in [1.54, 1.807) is 0 Å². The lowest BCUT2D eigenvalue weighted by atomic mass is 9.93. The second-order valence-electron chi connectivity index (χ2n) is 2.13. The summed E-state index contributed by atoms with van der Waals surface area (Å²) in [5, 5.41) is 34.0. The monoisotopic (exact) mass is 188 g/mol. The van der Waals surface area contributed by atoms with Gasteiger partial charge in [-0.2, -0.15) is 0 Å². The van der Waals surface area contributed by atoms with Crippen LogP contribution in [0.1, 0.15) is 0 Å². The number of hydrogen-bond donors (Lipinski definition) is 5. The molecule has 0 heterocycles. The Labute approximate surface area is 69.7 Å². The summed E-state index contributed by atoms with van der Waals surface area (Å²) in [5.74, 6) is 0. The third-order valence-corrected chi connectivity index (χ3v) is 1.34. The summed E-state index contributed by atoms with van der Waals surface area (Å²) in [6, 6.07) is 0. The molecule has 0 aromatic rings. The molecule has 5 nitrogen and oxygen atoms in total. The van der Waals surface area contributed by atoms with Crippen LogP contribution < -0.4 is 0 Å². The predicted molar refractivity (Wildman–Crippen MR) is 38.8 cm³/mol. The van der Waals surface area contributed by atoms with Gasteiger partial charge in [0, 0.05) is 0 Å². The molecule has 0 saturated heterocycles. The van der Waals surface area contributed by atoms with Gasteiger partial charge in [0.2, 0.25) is 0 Å². The topological polar surface area (TPSA) is 101 Å². The molecule has 0 saturated carbocycles. The van der Waals surface area contributed by atoms with Gasteiger partial charge in [0.1, 0.15) is 0 Å². The van der Waals surface area contributed by atoms with E-state index in [4.69, 9.17) is 25.1 Å². The summed E-state index contributed by atoms with van der Waals surface area (Å²) in [6.07, 6.45) is 0. The molecule has 0 aliphatic heterocycles. The second kappa shape index (κ2) is 8.19.